The van der Waals surface area contributed by atoms with E-state index in [-0.39, 0.29) is 24.4 Å². The van der Waals surface area contributed by atoms with Crippen LogP contribution in [0.1, 0.15) is 18.1 Å². The summed E-state index contributed by atoms with van der Waals surface area (Å²) in [6.07, 6.45) is 0.895. The minimum absolute atomic E-state index is 0. The third-order valence-electron chi connectivity index (χ3n) is 3.03. The van der Waals surface area contributed by atoms with Crippen LogP contribution in [-0.4, -0.2) is 37.5 Å². The predicted molar refractivity (Wildman–Crippen MR) is 78.3 cm³/mol. The van der Waals surface area contributed by atoms with Gasteiger partial charge in [0.05, 0.1) is 6.54 Å². The van der Waals surface area contributed by atoms with Crippen molar-refractivity contribution in [3.8, 4) is 0 Å². The number of nitrogens with one attached hydrogen (secondary N) is 1. The van der Waals surface area contributed by atoms with Crippen molar-refractivity contribution in [1.82, 2.24) is 10.2 Å². The number of nitrogens with zero attached hydrogens (tertiary/aromatic N) is 1. The van der Waals surface area contributed by atoms with Gasteiger partial charge in [0, 0.05) is 13.1 Å². The highest BCUT2D eigenvalue weighted by Gasteiger charge is 2.14. The molecule has 0 saturated heterocycles. The number of carbonyl (C=O) groups excluding carboxylic acids is 1. The molecule has 0 aliphatic carbocycles. The van der Waals surface area contributed by atoms with Crippen molar-refractivity contribution in [3.63, 3.8) is 0 Å². The molecule has 0 aliphatic rings. The number of amides is 1. The highest BCUT2D eigenvalue weighted by molar-refractivity contribution is 5.85. The minimum Gasteiger partial charge on any atom is -0.342 e. The smallest absolute Gasteiger partial charge is 0.236 e. The van der Waals surface area contributed by atoms with Crippen molar-refractivity contribution < 1.29 is 4.79 Å². The van der Waals surface area contributed by atoms with Crippen molar-refractivity contribution in [3.05, 3.63) is 35.4 Å². The van der Waals surface area contributed by atoms with Gasteiger partial charge in [0.25, 0.3) is 0 Å². The molecule has 0 aliphatic heterocycles. The second-order valence-electron chi connectivity index (χ2n) is 4.57. The lowest BCUT2D eigenvalue weighted by Gasteiger charge is -2.25. The molecule has 18 heavy (non-hydrogen) atoms. The zero-order valence-electron chi connectivity index (χ0n) is 11.6. The predicted octanol–water partition coefficient (Wildman–Crippen LogP) is 2.03. The lowest BCUT2D eigenvalue weighted by atomic mass is 10.0. The summed E-state index contributed by atoms with van der Waals surface area (Å²) < 4.78 is 0. The molecule has 1 N–H and O–H groups in total. The first-order valence-electron chi connectivity index (χ1n) is 6.00. The van der Waals surface area contributed by atoms with Crippen LogP contribution in [0.3, 0.4) is 0 Å². The highest BCUT2D eigenvalue weighted by atomic mass is 35.5. The number of hydrogen-bond donors (Lipinski definition) is 1. The summed E-state index contributed by atoms with van der Waals surface area (Å²) in [5, 5.41) is 2.88. The van der Waals surface area contributed by atoms with Crippen LogP contribution in [-0.2, 0) is 11.2 Å². The number of benzene rings is 1. The average Bonchev–Trinajstić information content (AvgIpc) is 2.31. The molecule has 0 heterocycles. The third-order valence-corrected chi connectivity index (χ3v) is 3.03. The molecule has 1 rings (SSSR count). The summed E-state index contributed by atoms with van der Waals surface area (Å²) >= 11 is 0. The molecule has 0 aromatic heterocycles. The fourth-order valence-corrected chi connectivity index (χ4v) is 1.72. The summed E-state index contributed by atoms with van der Waals surface area (Å²) in [4.78, 5) is 13.5. The van der Waals surface area contributed by atoms with Crippen LogP contribution in [0, 0.1) is 6.92 Å². The summed E-state index contributed by atoms with van der Waals surface area (Å²) in [6, 6.07) is 8.69. The Labute approximate surface area is 116 Å². The van der Waals surface area contributed by atoms with Crippen LogP contribution < -0.4 is 5.32 Å². The summed E-state index contributed by atoms with van der Waals surface area (Å²) in [6.45, 7) is 4.55. The Morgan fingerprint density at radius 3 is 2.39 bits per heavy atom. The molecule has 0 spiro atoms. The van der Waals surface area contributed by atoms with E-state index in [2.05, 4.69) is 43.4 Å². The van der Waals surface area contributed by atoms with Crippen LogP contribution in [0.2, 0.25) is 0 Å². The molecule has 0 bridgehead atoms. The molecule has 1 atom stereocenters. The van der Waals surface area contributed by atoms with E-state index in [1.807, 2.05) is 7.05 Å². The minimum atomic E-state index is 0. The lowest BCUT2D eigenvalue weighted by Crippen LogP contribution is -2.40. The zero-order valence-corrected chi connectivity index (χ0v) is 12.4. The maximum Gasteiger partial charge on any atom is 0.236 e. The molecular weight excluding hydrogens is 248 g/mol. The Balaban J connectivity index is 0.00000289. The summed E-state index contributed by atoms with van der Waals surface area (Å²) in [5.41, 5.74) is 2.54. The van der Waals surface area contributed by atoms with E-state index in [9.17, 15) is 4.79 Å². The van der Waals surface area contributed by atoms with Gasteiger partial charge in [-0.15, -0.1) is 12.4 Å². The van der Waals surface area contributed by atoms with E-state index >= 15 is 0 Å². The van der Waals surface area contributed by atoms with Gasteiger partial charge in [-0.25, -0.2) is 0 Å². The standard InChI is InChI=1S/C14H22N2O.ClH/c1-11-5-7-13(8-6-11)9-12(2)16(4)14(17)10-15-3;/h5-8,12,15H,9-10H2,1-4H3;1H. The Morgan fingerprint density at radius 1 is 1.33 bits per heavy atom. The molecule has 1 aromatic rings. The van der Waals surface area contributed by atoms with Crippen molar-refractivity contribution in [2.45, 2.75) is 26.3 Å². The number of hydrogen-bond acceptors (Lipinski definition) is 2. The van der Waals surface area contributed by atoms with Crippen molar-refractivity contribution in [2.24, 2.45) is 0 Å². The lowest BCUT2D eigenvalue weighted by molar-refractivity contribution is -0.130. The fourth-order valence-electron chi connectivity index (χ4n) is 1.72. The van der Waals surface area contributed by atoms with Crippen molar-refractivity contribution in [2.75, 3.05) is 20.6 Å². The van der Waals surface area contributed by atoms with Crippen molar-refractivity contribution >= 4 is 18.3 Å². The summed E-state index contributed by atoms with van der Waals surface area (Å²) in [5.74, 6) is 0.132. The molecule has 1 aromatic carbocycles. The van der Waals surface area contributed by atoms with Gasteiger partial charge in [-0.2, -0.15) is 0 Å². The Kier molecular flexibility index (Phi) is 7.64. The van der Waals surface area contributed by atoms with E-state index in [0.29, 0.717) is 6.54 Å². The normalized spacial score (nSPS) is 11.6. The molecule has 0 fully saturated rings. The van der Waals surface area contributed by atoms with Gasteiger partial charge < -0.3 is 10.2 Å². The van der Waals surface area contributed by atoms with Gasteiger partial charge >= 0.3 is 0 Å². The average molecular weight is 271 g/mol. The van der Waals surface area contributed by atoms with E-state index in [1.54, 1.807) is 11.9 Å². The second-order valence-corrected chi connectivity index (χ2v) is 4.57. The monoisotopic (exact) mass is 270 g/mol. The molecular formula is C14H23ClN2O. The van der Waals surface area contributed by atoms with Crippen molar-refractivity contribution in [1.29, 1.82) is 0 Å². The van der Waals surface area contributed by atoms with Crippen LogP contribution in [0.25, 0.3) is 0 Å². The number of carbonyl (C=O) groups is 1. The van der Waals surface area contributed by atoms with E-state index < -0.39 is 0 Å². The fraction of sp³-hybridized carbons (Fsp3) is 0.500. The first-order chi connectivity index (χ1) is 8.04. The molecule has 3 nitrogen and oxygen atoms in total. The van der Waals surface area contributed by atoms with Crippen LogP contribution >= 0.6 is 12.4 Å². The Morgan fingerprint density at radius 2 is 1.89 bits per heavy atom. The maximum absolute atomic E-state index is 11.7. The number of rotatable bonds is 5. The van der Waals surface area contributed by atoms with Gasteiger partial charge in [-0.3, -0.25) is 4.79 Å². The van der Waals surface area contributed by atoms with Gasteiger partial charge in [-0.05, 0) is 32.9 Å². The van der Waals surface area contributed by atoms with E-state index in [4.69, 9.17) is 0 Å². The molecule has 1 unspecified atom stereocenters. The molecule has 102 valence electrons. The van der Waals surface area contributed by atoms with Gasteiger partial charge in [-0.1, -0.05) is 29.8 Å². The van der Waals surface area contributed by atoms with Crippen LogP contribution in [0.15, 0.2) is 24.3 Å². The number of likely N-dealkylation sites (N-methyl/N-ethyl adjacent to an activating group) is 2. The topological polar surface area (TPSA) is 32.3 Å². The van der Waals surface area contributed by atoms with Crippen LogP contribution in [0.4, 0.5) is 0 Å². The first kappa shape index (κ1) is 16.9. The van der Waals surface area contributed by atoms with Gasteiger partial charge in [0.1, 0.15) is 0 Å². The second kappa shape index (κ2) is 8.11. The Hall–Kier alpha value is -1.06. The first-order valence-corrected chi connectivity index (χ1v) is 6.00. The van der Waals surface area contributed by atoms with E-state index in [0.717, 1.165) is 6.42 Å². The molecule has 1 amide bonds. The molecule has 4 heteroatoms. The van der Waals surface area contributed by atoms with Gasteiger partial charge in [0.2, 0.25) is 5.91 Å². The quantitative estimate of drug-likeness (QED) is 0.888. The number of aryl methyl sites for hydroxylation is 1. The summed E-state index contributed by atoms with van der Waals surface area (Å²) in [7, 11) is 3.65. The number of halogens is 1. The van der Waals surface area contributed by atoms with Gasteiger partial charge in [0.15, 0.2) is 0 Å². The highest BCUT2D eigenvalue weighted by Crippen LogP contribution is 2.09. The van der Waals surface area contributed by atoms with Crippen LogP contribution in [0.5, 0.6) is 0 Å². The largest absolute Gasteiger partial charge is 0.342 e. The van der Waals surface area contributed by atoms with E-state index in [1.165, 1.54) is 11.1 Å². The zero-order chi connectivity index (χ0) is 12.8. The third kappa shape index (κ3) is 5.07. The molecule has 0 saturated carbocycles. The molecule has 0 radical (unpaired) electrons. The SMILES string of the molecule is CNCC(=O)N(C)C(C)Cc1ccc(C)cc1.Cl. The Bertz CT molecular complexity index is 365. The maximum atomic E-state index is 11.7.